The van der Waals surface area contributed by atoms with Crippen LogP contribution in [-0.2, 0) is 0 Å². The molecule has 0 bridgehead atoms. The average Bonchev–Trinajstić information content (AvgIpc) is 3.05. The highest BCUT2D eigenvalue weighted by molar-refractivity contribution is 5.75. The zero-order chi connectivity index (χ0) is 14.1. The molecule has 0 radical (unpaired) electrons. The molecule has 108 valence electrons. The van der Waals surface area contributed by atoms with E-state index in [1.165, 1.54) is 0 Å². The quantitative estimate of drug-likeness (QED) is 0.862. The predicted octanol–water partition coefficient (Wildman–Crippen LogP) is 1.59. The lowest BCUT2D eigenvalue weighted by atomic mass is 10.1. The molecule has 5 heteroatoms. The molecule has 2 aliphatic rings. The lowest BCUT2D eigenvalue weighted by Crippen LogP contribution is -2.45. The van der Waals surface area contributed by atoms with E-state index in [0.717, 1.165) is 29.7 Å². The predicted molar refractivity (Wildman–Crippen MR) is 74.8 cm³/mol. The number of likely N-dealkylation sites (tertiary alicyclic amines) is 1. The Morgan fingerprint density at radius 3 is 3.20 bits per heavy atom. The number of hydrogen-bond donors (Lipinski definition) is 2. The minimum atomic E-state index is -0.107. The van der Waals surface area contributed by atoms with Crippen molar-refractivity contribution in [3.63, 3.8) is 0 Å². The van der Waals surface area contributed by atoms with Crippen LogP contribution in [0.1, 0.15) is 30.0 Å². The molecule has 1 aromatic rings. The Bertz CT molecular complexity index is 518. The van der Waals surface area contributed by atoms with Crippen LogP contribution in [0, 0.1) is 6.92 Å². The van der Waals surface area contributed by atoms with Crippen LogP contribution < -0.4 is 10.1 Å². The van der Waals surface area contributed by atoms with Gasteiger partial charge < -0.3 is 20.1 Å². The standard InChI is InChI=1S/C15H20N2O3/c1-10-4-5-14-12(7-10)13(9-20-14)16-15(19)17-6-2-3-11(17)8-18/h4-5,7,11,13,18H,2-3,6,8-9H2,1H3,(H,16,19)/t11-,13?/m0/s1. The number of urea groups is 1. The Morgan fingerprint density at radius 2 is 2.40 bits per heavy atom. The topological polar surface area (TPSA) is 61.8 Å². The van der Waals surface area contributed by atoms with E-state index in [-0.39, 0.29) is 24.7 Å². The van der Waals surface area contributed by atoms with E-state index in [9.17, 15) is 9.90 Å². The van der Waals surface area contributed by atoms with Crippen LogP contribution in [0.15, 0.2) is 18.2 Å². The Labute approximate surface area is 118 Å². The lowest BCUT2D eigenvalue weighted by Gasteiger charge is -2.25. The minimum Gasteiger partial charge on any atom is -0.491 e. The zero-order valence-corrected chi connectivity index (χ0v) is 11.6. The summed E-state index contributed by atoms with van der Waals surface area (Å²) in [6, 6.07) is 5.76. The van der Waals surface area contributed by atoms with Crippen LogP contribution in [0.4, 0.5) is 4.79 Å². The number of aliphatic hydroxyl groups excluding tert-OH is 1. The van der Waals surface area contributed by atoms with Crippen molar-refractivity contribution in [2.45, 2.75) is 31.8 Å². The molecule has 0 aromatic heterocycles. The summed E-state index contributed by atoms with van der Waals surface area (Å²) in [7, 11) is 0. The van der Waals surface area contributed by atoms with Crippen molar-refractivity contribution < 1.29 is 14.6 Å². The highest BCUT2D eigenvalue weighted by Gasteiger charge is 2.32. The highest BCUT2D eigenvalue weighted by Crippen LogP contribution is 2.33. The summed E-state index contributed by atoms with van der Waals surface area (Å²) >= 11 is 0. The summed E-state index contributed by atoms with van der Waals surface area (Å²) < 4.78 is 5.60. The van der Waals surface area contributed by atoms with Gasteiger partial charge in [-0.3, -0.25) is 0 Å². The summed E-state index contributed by atoms with van der Waals surface area (Å²) in [5, 5.41) is 12.3. The molecule has 3 rings (SSSR count). The van der Waals surface area contributed by atoms with Gasteiger partial charge in [-0.2, -0.15) is 0 Å². The zero-order valence-electron chi connectivity index (χ0n) is 11.6. The van der Waals surface area contributed by atoms with E-state index in [0.29, 0.717) is 13.2 Å². The minimum absolute atomic E-state index is 0.0320. The molecule has 2 N–H and O–H groups in total. The summed E-state index contributed by atoms with van der Waals surface area (Å²) in [5.74, 6) is 0.848. The van der Waals surface area contributed by atoms with Gasteiger partial charge >= 0.3 is 6.03 Å². The molecular weight excluding hydrogens is 256 g/mol. The third-order valence-corrected chi connectivity index (χ3v) is 4.09. The van der Waals surface area contributed by atoms with Crippen LogP contribution in [0.2, 0.25) is 0 Å². The average molecular weight is 276 g/mol. The van der Waals surface area contributed by atoms with E-state index in [1.54, 1.807) is 4.90 Å². The smallest absolute Gasteiger partial charge is 0.318 e. The first kappa shape index (κ1) is 13.2. The molecular formula is C15H20N2O3. The monoisotopic (exact) mass is 276 g/mol. The molecule has 20 heavy (non-hydrogen) atoms. The van der Waals surface area contributed by atoms with Crippen molar-refractivity contribution in [1.29, 1.82) is 0 Å². The second-order valence-corrected chi connectivity index (χ2v) is 5.53. The number of hydrogen-bond acceptors (Lipinski definition) is 3. The molecule has 2 amide bonds. The van der Waals surface area contributed by atoms with Crippen molar-refractivity contribution in [2.75, 3.05) is 19.8 Å². The number of nitrogens with zero attached hydrogens (tertiary/aromatic N) is 1. The first-order chi connectivity index (χ1) is 9.69. The Kier molecular flexibility index (Phi) is 3.53. The van der Waals surface area contributed by atoms with Gasteiger partial charge in [0.1, 0.15) is 12.4 Å². The first-order valence-electron chi connectivity index (χ1n) is 7.10. The maximum absolute atomic E-state index is 12.3. The van der Waals surface area contributed by atoms with Gasteiger partial charge in [0.25, 0.3) is 0 Å². The molecule has 1 unspecified atom stereocenters. The van der Waals surface area contributed by atoms with E-state index in [2.05, 4.69) is 11.4 Å². The number of ether oxygens (including phenoxy) is 1. The number of benzene rings is 1. The number of nitrogens with one attached hydrogen (secondary N) is 1. The fraction of sp³-hybridized carbons (Fsp3) is 0.533. The molecule has 1 saturated heterocycles. The van der Waals surface area contributed by atoms with E-state index in [4.69, 9.17) is 4.74 Å². The van der Waals surface area contributed by atoms with Gasteiger partial charge in [-0.25, -0.2) is 4.79 Å². The highest BCUT2D eigenvalue weighted by atomic mass is 16.5. The molecule has 0 saturated carbocycles. The SMILES string of the molecule is Cc1ccc2c(c1)C(NC(=O)N1CCC[C@H]1CO)CO2. The van der Waals surface area contributed by atoms with Crippen LogP contribution in [0.3, 0.4) is 0 Å². The summed E-state index contributed by atoms with van der Waals surface area (Å²) in [6.45, 7) is 3.25. The van der Waals surface area contributed by atoms with Crippen molar-refractivity contribution in [2.24, 2.45) is 0 Å². The Hall–Kier alpha value is -1.75. The van der Waals surface area contributed by atoms with Crippen LogP contribution in [0.25, 0.3) is 0 Å². The number of fused-ring (bicyclic) bond motifs is 1. The second kappa shape index (κ2) is 5.32. The first-order valence-corrected chi connectivity index (χ1v) is 7.10. The van der Waals surface area contributed by atoms with Gasteiger partial charge in [-0.05, 0) is 25.8 Å². The molecule has 2 atom stereocenters. The Morgan fingerprint density at radius 1 is 1.55 bits per heavy atom. The number of carbonyl (C=O) groups excluding carboxylic acids is 1. The summed E-state index contributed by atoms with van der Waals surface area (Å²) in [4.78, 5) is 14.0. The van der Waals surface area contributed by atoms with Gasteiger partial charge in [0.05, 0.1) is 18.7 Å². The molecule has 5 nitrogen and oxygen atoms in total. The molecule has 1 fully saturated rings. The third-order valence-electron chi connectivity index (χ3n) is 4.09. The summed E-state index contributed by atoms with van der Waals surface area (Å²) in [5.41, 5.74) is 2.20. The van der Waals surface area contributed by atoms with Gasteiger partial charge in [0.15, 0.2) is 0 Å². The number of rotatable bonds is 2. The molecule has 2 heterocycles. The molecule has 0 aliphatic carbocycles. The molecule has 1 aromatic carbocycles. The van der Waals surface area contributed by atoms with Crippen molar-refractivity contribution in [3.05, 3.63) is 29.3 Å². The maximum atomic E-state index is 12.3. The van der Waals surface area contributed by atoms with Crippen LogP contribution >= 0.6 is 0 Å². The fourth-order valence-corrected chi connectivity index (χ4v) is 2.98. The van der Waals surface area contributed by atoms with Crippen molar-refractivity contribution in [1.82, 2.24) is 10.2 Å². The number of amides is 2. The van der Waals surface area contributed by atoms with Gasteiger partial charge in [0, 0.05) is 12.1 Å². The lowest BCUT2D eigenvalue weighted by molar-refractivity contribution is 0.153. The van der Waals surface area contributed by atoms with E-state index in [1.807, 2.05) is 19.1 Å². The number of aliphatic hydroxyl groups is 1. The van der Waals surface area contributed by atoms with E-state index < -0.39 is 0 Å². The van der Waals surface area contributed by atoms with Crippen LogP contribution in [-0.4, -0.2) is 41.8 Å². The van der Waals surface area contributed by atoms with Crippen molar-refractivity contribution >= 4 is 6.03 Å². The van der Waals surface area contributed by atoms with Crippen molar-refractivity contribution in [3.8, 4) is 5.75 Å². The van der Waals surface area contributed by atoms with Gasteiger partial charge in [-0.1, -0.05) is 17.7 Å². The maximum Gasteiger partial charge on any atom is 0.318 e. The molecule has 2 aliphatic heterocycles. The van der Waals surface area contributed by atoms with Gasteiger partial charge in [0.2, 0.25) is 0 Å². The second-order valence-electron chi connectivity index (χ2n) is 5.53. The molecule has 0 spiro atoms. The van der Waals surface area contributed by atoms with Gasteiger partial charge in [-0.15, -0.1) is 0 Å². The Balaban J connectivity index is 1.71. The normalized spacial score (nSPS) is 24.4. The van der Waals surface area contributed by atoms with Crippen LogP contribution in [0.5, 0.6) is 5.75 Å². The number of aryl methyl sites for hydroxylation is 1. The fourth-order valence-electron chi connectivity index (χ4n) is 2.98. The number of carbonyl (C=O) groups is 1. The summed E-state index contributed by atoms with van der Waals surface area (Å²) in [6.07, 6.45) is 1.83. The largest absolute Gasteiger partial charge is 0.491 e. The van der Waals surface area contributed by atoms with E-state index >= 15 is 0 Å². The third kappa shape index (κ3) is 2.33.